The number of nitrogens with one attached hydrogen (secondary N) is 1. The minimum absolute atomic E-state index is 0.0687. The largest absolute Gasteiger partial charge is 0.325 e. The molecule has 0 unspecified atom stereocenters. The Kier molecular flexibility index (Phi) is 6.16. The van der Waals surface area contributed by atoms with Gasteiger partial charge >= 0.3 is 0 Å². The van der Waals surface area contributed by atoms with Crippen molar-refractivity contribution < 1.29 is 9.59 Å². The summed E-state index contributed by atoms with van der Waals surface area (Å²) in [5.74, 6) is 0.435. The summed E-state index contributed by atoms with van der Waals surface area (Å²) in [6.45, 7) is 5.90. The van der Waals surface area contributed by atoms with Gasteiger partial charge in [0.1, 0.15) is 11.9 Å². The van der Waals surface area contributed by atoms with E-state index in [1.807, 2.05) is 45.0 Å². The number of carbonyl (C=O) groups is 2. The monoisotopic (exact) mass is 454 g/mol. The molecule has 2 aromatic rings. The van der Waals surface area contributed by atoms with E-state index in [4.69, 9.17) is 21.6 Å². The van der Waals surface area contributed by atoms with Gasteiger partial charge in [-0.05, 0) is 48.7 Å². The predicted octanol–water partition coefficient (Wildman–Crippen LogP) is 5.11. The molecule has 1 N–H and O–H groups in total. The summed E-state index contributed by atoms with van der Waals surface area (Å²) in [6.07, 6.45) is 0.576. The van der Waals surface area contributed by atoms with Crippen molar-refractivity contribution in [3.63, 3.8) is 0 Å². The van der Waals surface area contributed by atoms with Gasteiger partial charge in [-0.1, -0.05) is 56.3 Å². The summed E-state index contributed by atoms with van der Waals surface area (Å²) in [7, 11) is 0. The highest BCUT2D eigenvalue weighted by molar-refractivity contribution is 8.15. The average Bonchev–Trinajstić information content (AvgIpc) is 3.11. The van der Waals surface area contributed by atoms with Crippen LogP contribution in [-0.4, -0.2) is 39.0 Å². The number of halogens is 1. The number of thioether (sulfide) groups is 1. The molecule has 2 aromatic carbocycles. The molecular weight excluding hydrogens is 432 g/mol. The second-order valence-corrected chi connectivity index (χ2v) is 9.34. The van der Waals surface area contributed by atoms with Gasteiger partial charge in [-0.25, -0.2) is 9.89 Å². The maximum atomic E-state index is 13.2. The van der Waals surface area contributed by atoms with Crippen molar-refractivity contribution in [2.75, 3.05) is 5.32 Å². The summed E-state index contributed by atoms with van der Waals surface area (Å²) in [5, 5.41) is 3.59. The van der Waals surface area contributed by atoms with Gasteiger partial charge in [0, 0.05) is 16.3 Å². The maximum Gasteiger partial charge on any atom is 0.259 e. The molecule has 0 radical (unpaired) electrons. The van der Waals surface area contributed by atoms with Gasteiger partial charge in [0.15, 0.2) is 5.17 Å². The summed E-state index contributed by atoms with van der Waals surface area (Å²) in [6, 6.07) is 14.2. The summed E-state index contributed by atoms with van der Waals surface area (Å²) in [5.41, 5.74) is 2.26. The number of para-hydroxylation sites is 1. The third-order valence-corrected chi connectivity index (χ3v) is 6.72. The third-order valence-electron chi connectivity index (χ3n) is 5.15. The van der Waals surface area contributed by atoms with Crippen molar-refractivity contribution in [3.8, 4) is 0 Å². The Morgan fingerprint density at radius 1 is 1.19 bits per heavy atom. The normalized spacial score (nSPS) is 18.3. The fourth-order valence-electron chi connectivity index (χ4n) is 3.49. The van der Waals surface area contributed by atoms with Gasteiger partial charge in [-0.3, -0.25) is 14.6 Å². The highest BCUT2D eigenvalue weighted by Gasteiger charge is 2.43. The Morgan fingerprint density at radius 3 is 2.58 bits per heavy atom. The molecule has 2 amide bonds. The van der Waals surface area contributed by atoms with Gasteiger partial charge in [0.2, 0.25) is 5.91 Å². The molecule has 0 aromatic heterocycles. The van der Waals surface area contributed by atoms with Gasteiger partial charge in [-0.15, -0.1) is 0 Å². The minimum atomic E-state index is -0.449. The number of rotatable bonds is 5. The molecule has 0 spiro atoms. The van der Waals surface area contributed by atoms with Crippen LogP contribution in [0.2, 0.25) is 5.02 Å². The molecule has 2 heterocycles. The van der Waals surface area contributed by atoms with Gasteiger partial charge in [0.05, 0.1) is 10.9 Å². The molecular formula is C23H23ClN4O2S. The number of nitrogens with zero attached hydrogens (tertiary/aromatic N) is 3. The van der Waals surface area contributed by atoms with Crippen LogP contribution >= 0.6 is 23.4 Å². The van der Waals surface area contributed by atoms with Gasteiger partial charge in [0.25, 0.3) is 5.91 Å². The van der Waals surface area contributed by atoms with Crippen LogP contribution in [0.4, 0.5) is 11.4 Å². The molecule has 6 nitrogen and oxygen atoms in total. The molecule has 2 aliphatic heterocycles. The summed E-state index contributed by atoms with van der Waals surface area (Å²) < 4.78 is 0. The first-order chi connectivity index (χ1) is 14.9. The standard InChI is InChI=1S/C23H23ClN4O2S/c1-4-18(21(29)25-15-11-9-14(24)10-12-15)31-23-26-17-8-6-5-7-16(17)20-27-19(13(2)3)22(30)28(20)23/h5-13,18-19H,4H2,1-3H3,(H,25,29)/t18-,19+/m0/s1. The highest BCUT2D eigenvalue weighted by atomic mass is 35.5. The van der Waals surface area contributed by atoms with Crippen LogP contribution in [0.1, 0.15) is 32.8 Å². The van der Waals surface area contributed by atoms with E-state index in [2.05, 4.69) is 5.32 Å². The fraction of sp³-hybridized carbons (Fsp3) is 0.304. The molecule has 160 valence electrons. The van der Waals surface area contributed by atoms with Crippen LogP contribution in [0.5, 0.6) is 0 Å². The van der Waals surface area contributed by atoms with E-state index in [0.717, 1.165) is 11.3 Å². The van der Waals surface area contributed by atoms with Crippen molar-refractivity contribution >= 4 is 57.6 Å². The Bertz CT molecular complexity index is 1080. The Hall–Kier alpha value is -2.64. The first-order valence-corrected chi connectivity index (χ1v) is 11.5. The van der Waals surface area contributed by atoms with E-state index in [9.17, 15) is 9.59 Å². The van der Waals surface area contributed by atoms with Crippen molar-refractivity contribution in [1.82, 2.24) is 4.90 Å². The summed E-state index contributed by atoms with van der Waals surface area (Å²) >= 11 is 7.22. The lowest BCUT2D eigenvalue weighted by Gasteiger charge is -2.27. The molecule has 0 aliphatic carbocycles. The van der Waals surface area contributed by atoms with E-state index < -0.39 is 11.3 Å². The topological polar surface area (TPSA) is 74.1 Å². The molecule has 0 saturated heterocycles. The zero-order chi connectivity index (χ0) is 22.1. The highest BCUT2D eigenvalue weighted by Crippen LogP contribution is 2.36. The number of hydrogen-bond acceptors (Lipinski definition) is 5. The lowest BCUT2D eigenvalue weighted by Crippen LogP contribution is -2.43. The molecule has 31 heavy (non-hydrogen) atoms. The maximum absolute atomic E-state index is 13.2. The first-order valence-electron chi connectivity index (χ1n) is 10.2. The zero-order valence-corrected chi connectivity index (χ0v) is 19.1. The number of amides is 2. The second-order valence-electron chi connectivity index (χ2n) is 7.74. The van der Waals surface area contributed by atoms with Crippen LogP contribution < -0.4 is 5.32 Å². The van der Waals surface area contributed by atoms with E-state index in [1.54, 1.807) is 29.2 Å². The fourth-order valence-corrected chi connectivity index (χ4v) is 4.63. The zero-order valence-electron chi connectivity index (χ0n) is 17.5. The van der Waals surface area contributed by atoms with Crippen LogP contribution in [-0.2, 0) is 9.59 Å². The number of amidine groups is 2. The molecule has 2 aliphatic rings. The second kappa shape index (κ2) is 8.85. The van der Waals surface area contributed by atoms with Crippen molar-refractivity contribution in [2.45, 2.75) is 38.5 Å². The average molecular weight is 455 g/mol. The molecule has 0 saturated carbocycles. The van der Waals surface area contributed by atoms with E-state index in [-0.39, 0.29) is 17.7 Å². The van der Waals surface area contributed by atoms with Crippen molar-refractivity contribution in [2.24, 2.45) is 15.9 Å². The number of carbonyl (C=O) groups excluding carboxylic acids is 2. The minimum Gasteiger partial charge on any atom is -0.325 e. The number of benzene rings is 2. The molecule has 2 atom stereocenters. The predicted molar refractivity (Wildman–Crippen MR) is 127 cm³/mol. The van der Waals surface area contributed by atoms with Crippen LogP contribution in [0, 0.1) is 5.92 Å². The quantitative estimate of drug-likeness (QED) is 0.682. The smallest absolute Gasteiger partial charge is 0.259 e. The molecule has 0 bridgehead atoms. The molecule has 8 heteroatoms. The molecule has 0 fully saturated rings. The number of fused-ring (bicyclic) bond motifs is 3. The number of aliphatic imine (C=N–C) groups is 2. The third kappa shape index (κ3) is 4.25. The number of hydrogen-bond donors (Lipinski definition) is 1. The molecule has 4 rings (SSSR count). The lowest BCUT2D eigenvalue weighted by atomic mass is 10.1. The van der Waals surface area contributed by atoms with E-state index in [1.165, 1.54) is 11.8 Å². The number of anilines is 1. The Morgan fingerprint density at radius 2 is 1.90 bits per heavy atom. The summed E-state index contributed by atoms with van der Waals surface area (Å²) in [4.78, 5) is 37.1. The van der Waals surface area contributed by atoms with Crippen LogP contribution in [0.15, 0.2) is 58.5 Å². The van der Waals surface area contributed by atoms with Gasteiger partial charge in [-0.2, -0.15) is 0 Å². The van der Waals surface area contributed by atoms with Crippen LogP contribution in [0.25, 0.3) is 0 Å². The Balaban J connectivity index is 1.62. The SMILES string of the molecule is CC[C@H](SC1=Nc2ccccc2C2=N[C@H](C(C)C)C(=O)N12)C(=O)Nc1ccc(Cl)cc1. The van der Waals surface area contributed by atoms with Crippen molar-refractivity contribution in [1.29, 1.82) is 0 Å². The van der Waals surface area contributed by atoms with Crippen LogP contribution in [0.3, 0.4) is 0 Å². The van der Waals surface area contributed by atoms with Gasteiger partial charge < -0.3 is 5.32 Å². The van der Waals surface area contributed by atoms with E-state index in [0.29, 0.717) is 28.1 Å². The van der Waals surface area contributed by atoms with Crippen molar-refractivity contribution in [3.05, 3.63) is 59.1 Å². The lowest BCUT2D eigenvalue weighted by molar-refractivity contribution is -0.125. The Labute approximate surface area is 190 Å². The first kappa shape index (κ1) is 21.6. The van der Waals surface area contributed by atoms with E-state index >= 15 is 0 Å².